The molecular formula is C18H16Cl2N2O3. The lowest BCUT2D eigenvalue weighted by atomic mass is 10.1. The summed E-state index contributed by atoms with van der Waals surface area (Å²) in [5, 5.41) is 3.48. The number of halogens is 2. The predicted molar refractivity (Wildman–Crippen MR) is 97.6 cm³/mol. The van der Waals surface area contributed by atoms with Crippen molar-refractivity contribution in [2.75, 3.05) is 31.6 Å². The molecule has 1 N–H and O–H groups in total. The van der Waals surface area contributed by atoms with Gasteiger partial charge < -0.3 is 15.0 Å². The van der Waals surface area contributed by atoms with E-state index in [9.17, 15) is 9.59 Å². The van der Waals surface area contributed by atoms with Crippen molar-refractivity contribution in [2.45, 2.75) is 0 Å². The molecule has 2 aromatic carbocycles. The van der Waals surface area contributed by atoms with Crippen molar-refractivity contribution in [3.63, 3.8) is 0 Å². The average molecular weight is 379 g/mol. The Morgan fingerprint density at radius 3 is 2.52 bits per heavy atom. The fourth-order valence-electron chi connectivity index (χ4n) is 2.55. The summed E-state index contributed by atoms with van der Waals surface area (Å²) in [5.41, 5.74) is 1.35. The lowest BCUT2D eigenvalue weighted by molar-refractivity contribution is 0.0303. The van der Waals surface area contributed by atoms with E-state index in [-0.39, 0.29) is 16.8 Å². The monoisotopic (exact) mass is 378 g/mol. The molecule has 0 unspecified atom stereocenters. The Labute approximate surface area is 155 Å². The maximum absolute atomic E-state index is 12.5. The highest BCUT2D eigenvalue weighted by molar-refractivity contribution is 6.37. The molecule has 0 spiro atoms. The van der Waals surface area contributed by atoms with Crippen LogP contribution < -0.4 is 5.32 Å². The number of carbonyl (C=O) groups is 2. The highest BCUT2D eigenvalue weighted by atomic mass is 35.5. The quantitative estimate of drug-likeness (QED) is 0.885. The van der Waals surface area contributed by atoms with Crippen LogP contribution in [-0.4, -0.2) is 43.0 Å². The number of carbonyl (C=O) groups excluding carboxylic acids is 2. The zero-order valence-electron chi connectivity index (χ0n) is 13.3. The molecule has 0 bridgehead atoms. The molecule has 1 aliphatic heterocycles. The smallest absolute Gasteiger partial charge is 0.257 e. The predicted octanol–water partition coefficient (Wildman–Crippen LogP) is 3.72. The van der Waals surface area contributed by atoms with E-state index < -0.39 is 0 Å². The van der Waals surface area contributed by atoms with Crippen LogP contribution in [0.3, 0.4) is 0 Å². The summed E-state index contributed by atoms with van der Waals surface area (Å²) in [6.45, 7) is 2.21. The average Bonchev–Trinajstić information content (AvgIpc) is 2.62. The first-order valence-corrected chi connectivity index (χ1v) is 8.53. The van der Waals surface area contributed by atoms with E-state index in [4.69, 9.17) is 27.9 Å². The minimum absolute atomic E-state index is 0.0797. The van der Waals surface area contributed by atoms with Crippen molar-refractivity contribution < 1.29 is 14.3 Å². The molecule has 1 aliphatic rings. The number of hydrogen-bond donors (Lipinski definition) is 1. The third kappa shape index (κ3) is 4.31. The van der Waals surface area contributed by atoms with Gasteiger partial charge in [0.15, 0.2) is 0 Å². The van der Waals surface area contributed by atoms with Crippen LogP contribution in [0.5, 0.6) is 0 Å². The summed E-state index contributed by atoms with van der Waals surface area (Å²) in [5.74, 6) is -0.443. The second-order valence-electron chi connectivity index (χ2n) is 5.56. The molecule has 0 atom stereocenters. The Morgan fingerprint density at radius 1 is 1.04 bits per heavy atom. The molecule has 2 aromatic rings. The Morgan fingerprint density at radius 2 is 1.80 bits per heavy atom. The van der Waals surface area contributed by atoms with Gasteiger partial charge >= 0.3 is 0 Å². The van der Waals surface area contributed by atoms with Crippen molar-refractivity contribution in [2.24, 2.45) is 0 Å². The number of benzene rings is 2. The largest absolute Gasteiger partial charge is 0.378 e. The van der Waals surface area contributed by atoms with Gasteiger partial charge in [-0.3, -0.25) is 9.59 Å². The Hall–Kier alpha value is -2.08. The van der Waals surface area contributed by atoms with Crippen molar-refractivity contribution in [3.8, 4) is 0 Å². The van der Waals surface area contributed by atoms with E-state index in [0.717, 1.165) is 0 Å². The number of nitrogens with zero attached hydrogens (tertiary/aromatic N) is 1. The summed E-state index contributed by atoms with van der Waals surface area (Å²) >= 11 is 11.9. The minimum atomic E-state index is -0.363. The van der Waals surface area contributed by atoms with E-state index in [0.29, 0.717) is 48.1 Å². The number of anilines is 1. The van der Waals surface area contributed by atoms with Gasteiger partial charge in [0.2, 0.25) is 0 Å². The van der Waals surface area contributed by atoms with E-state index in [1.54, 1.807) is 41.3 Å². The SMILES string of the molecule is O=C(Nc1cccc(C(=O)N2CCOCC2)c1)c1ccc(Cl)cc1Cl. The topological polar surface area (TPSA) is 58.6 Å². The molecule has 0 saturated carbocycles. The van der Waals surface area contributed by atoms with Gasteiger partial charge in [-0.25, -0.2) is 0 Å². The molecule has 3 rings (SSSR count). The summed E-state index contributed by atoms with van der Waals surface area (Å²) in [7, 11) is 0. The molecule has 25 heavy (non-hydrogen) atoms. The summed E-state index contributed by atoms with van der Waals surface area (Å²) in [6.07, 6.45) is 0. The van der Waals surface area contributed by atoms with Gasteiger partial charge in [-0.05, 0) is 36.4 Å². The van der Waals surface area contributed by atoms with Gasteiger partial charge in [-0.2, -0.15) is 0 Å². The van der Waals surface area contributed by atoms with Crippen LogP contribution in [0.4, 0.5) is 5.69 Å². The lowest BCUT2D eigenvalue weighted by Crippen LogP contribution is -2.40. The fraction of sp³-hybridized carbons (Fsp3) is 0.222. The van der Waals surface area contributed by atoms with Crippen LogP contribution in [0.15, 0.2) is 42.5 Å². The van der Waals surface area contributed by atoms with Crippen molar-refractivity contribution in [1.82, 2.24) is 4.90 Å². The van der Waals surface area contributed by atoms with E-state index in [2.05, 4.69) is 5.32 Å². The van der Waals surface area contributed by atoms with Gasteiger partial charge in [0.1, 0.15) is 0 Å². The van der Waals surface area contributed by atoms with Crippen LogP contribution in [0.25, 0.3) is 0 Å². The highest BCUT2D eigenvalue weighted by Gasteiger charge is 2.19. The highest BCUT2D eigenvalue weighted by Crippen LogP contribution is 2.22. The number of ether oxygens (including phenoxy) is 1. The zero-order chi connectivity index (χ0) is 17.8. The molecule has 130 valence electrons. The normalized spacial score (nSPS) is 14.2. The van der Waals surface area contributed by atoms with Gasteiger partial charge in [-0.15, -0.1) is 0 Å². The van der Waals surface area contributed by atoms with Crippen molar-refractivity contribution in [1.29, 1.82) is 0 Å². The van der Waals surface area contributed by atoms with Crippen molar-refractivity contribution >= 4 is 40.7 Å². The van der Waals surface area contributed by atoms with E-state index in [1.807, 2.05) is 0 Å². The first kappa shape index (κ1) is 17.7. The number of morpholine rings is 1. The van der Waals surface area contributed by atoms with Crippen LogP contribution >= 0.6 is 23.2 Å². The first-order chi connectivity index (χ1) is 12.0. The Bertz CT molecular complexity index is 805. The minimum Gasteiger partial charge on any atom is -0.378 e. The van der Waals surface area contributed by atoms with Gasteiger partial charge in [0, 0.05) is 29.4 Å². The molecular weight excluding hydrogens is 363 g/mol. The second-order valence-corrected chi connectivity index (χ2v) is 6.41. The van der Waals surface area contributed by atoms with Crippen LogP contribution in [0.1, 0.15) is 20.7 Å². The molecule has 1 saturated heterocycles. The zero-order valence-corrected chi connectivity index (χ0v) is 14.8. The molecule has 0 radical (unpaired) electrons. The number of nitrogens with one attached hydrogen (secondary N) is 1. The number of amides is 2. The number of rotatable bonds is 3. The standard InChI is InChI=1S/C18H16Cl2N2O3/c19-13-4-5-15(16(20)11-13)17(23)21-14-3-1-2-12(10-14)18(24)22-6-8-25-9-7-22/h1-5,10-11H,6-9H2,(H,21,23). The molecule has 7 heteroatoms. The molecule has 2 amide bonds. The molecule has 5 nitrogen and oxygen atoms in total. The number of hydrogen-bond acceptors (Lipinski definition) is 3. The summed E-state index contributed by atoms with van der Waals surface area (Å²) in [4.78, 5) is 26.6. The van der Waals surface area contributed by atoms with Crippen LogP contribution in [0.2, 0.25) is 10.0 Å². The van der Waals surface area contributed by atoms with Crippen LogP contribution in [-0.2, 0) is 4.74 Å². The summed E-state index contributed by atoms with van der Waals surface area (Å²) < 4.78 is 5.26. The second kappa shape index (κ2) is 7.87. The maximum Gasteiger partial charge on any atom is 0.257 e. The molecule has 0 aliphatic carbocycles. The third-order valence-corrected chi connectivity index (χ3v) is 4.39. The Kier molecular flexibility index (Phi) is 5.58. The van der Waals surface area contributed by atoms with Crippen LogP contribution in [0, 0.1) is 0 Å². The summed E-state index contributed by atoms with van der Waals surface area (Å²) in [6, 6.07) is 11.5. The van der Waals surface area contributed by atoms with E-state index >= 15 is 0 Å². The van der Waals surface area contributed by atoms with E-state index in [1.165, 1.54) is 6.07 Å². The third-order valence-electron chi connectivity index (χ3n) is 3.84. The maximum atomic E-state index is 12.5. The van der Waals surface area contributed by atoms with Gasteiger partial charge in [-0.1, -0.05) is 29.3 Å². The fourth-order valence-corrected chi connectivity index (χ4v) is 3.05. The Balaban J connectivity index is 1.75. The molecule has 0 aromatic heterocycles. The van der Waals surface area contributed by atoms with Gasteiger partial charge in [0.05, 0.1) is 23.8 Å². The van der Waals surface area contributed by atoms with Gasteiger partial charge in [0.25, 0.3) is 11.8 Å². The molecule has 1 heterocycles. The lowest BCUT2D eigenvalue weighted by Gasteiger charge is -2.27. The van der Waals surface area contributed by atoms with Crippen molar-refractivity contribution in [3.05, 3.63) is 63.6 Å². The molecule has 1 fully saturated rings. The first-order valence-electron chi connectivity index (χ1n) is 7.78.